The number of allylic oxidation sites excluding steroid dienone is 8. The molecule has 0 aromatic rings. The van der Waals surface area contributed by atoms with Crippen LogP contribution in [0.3, 0.4) is 0 Å². The Hall–Kier alpha value is -2.07. The largest absolute Gasteiger partial charge is 0.480 e. The highest BCUT2D eigenvalue weighted by Gasteiger charge is 2.27. The lowest BCUT2D eigenvalue weighted by Gasteiger charge is -2.20. The molecule has 3 atom stereocenters. The van der Waals surface area contributed by atoms with Crippen molar-refractivity contribution < 1.29 is 42.7 Å². The van der Waals surface area contributed by atoms with Gasteiger partial charge in [-0.15, -0.1) is 0 Å². The average molecular weight is 882 g/mol. The van der Waals surface area contributed by atoms with Crippen LogP contribution in [0.4, 0.5) is 0 Å². The molecular formula is C50H92NO9P. The van der Waals surface area contributed by atoms with Crippen molar-refractivity contribution in [1.29, 1.82) is 0 Å². The molecule has 3 unspecified atom stereocenters. The van der Waals surface area contributed by atoms with E-state index in [0.29, 0.717) is 13.0 Å². The quantitative estimate of drug-likeness (QED) is 0.0233. The lowest BCUT2D eigenvalue weighted by molar-refractivity contribution is -0.154. The lowest BCUT2D eigenvalue weighted by Crippen LogP contribution is -2.34. The van der Waals surface area contributed by atoms with Gasteiger partial charge < -0.3 is 25.2 Å². The van der Waals surface area contributed by atoms with Crippen LogP contribution in [0.25, 0.3) is 0 Å². The van der Waals surface area contributed by atoms with E-state index in [-0.39, 0.29) is 13.0 Å². The van der Waals surface area contributed by atoms with E-state index in [0.717, 1.165) is 64.2 Å². The van der Waals surface area contributed by atoms with Crippen molar-refractivity contribution in [3.8, 4) is 0 Å². The van der Waals surface area contributed by atoms with E-state index in [4.69, 9.17) is 29.4 Å². The van der Waals surface area contributed by atoms with Gasteiger partial charge in [-0.1, -0.05) is 184 Å². The smallest absolute Gasteiger partial charge is 0.472 e. The van der Waals surface area contributed by atoms with Gasteiger partial charge in [0, 0.05) is 13.0 Å². The van der Waals surface area contributed by atoms with Crippen molar-refractivity contribution in [1.82, 2.24) is 0 Å². The number of esters is 1. The van der Waals surface area contributed by atoms with E-state index >= 15 is 0 Å². The normalized spacial score (nSPS) is 14.2. The maximum Gasteiger partial charge on any atom is 0.472 e. The molecule has 356 valence electrons. The monoisotopic (exact) mass is 882 g/mol. The average Bonchev–Trinajstić information content (AvgIpc) is 3.24. The minimum absolute atomic E-state index is 0.0101. The highest BCUT2D eigenvalue weighted by atomic mass is 31.2. The maximum atomic E-state index is 12.7. The van der Waals surface area contributed by atoms with E-state index in [1.54, 1.807) is 0 Å². The van der Waals surface area contributed by atoms with Crippen LogP contribution in [-0.2, 0) is 32.7 Å². The molecule has 0 saturated carbocycles. The molecular weight excluding hydrogens is 790 g/mol. The molecule has 0 heterocycles. The van der Waals surface area contributed by atoms with Crippen LogP contribution in [-0.4, -0.2) is 60.5 Å². The van der Waals surface area contributed by atoms with E-state index in [2.05, 4.69) is 62.5 Å². The molecule has 0 aliphatic rings. The van der Waals surface area contributed by atoms with Gasteiger partial charge in [-0.3, -0.25) is 18.6 Å². The highest BCUT2D eigenvalue weighted by molar-refractivity contribution is 7.47. The zero-order valence-corrected chi connectivity index (χ0v) is 39.9. The number of carbonyl (C=O) groups is 2. The summed E-state index contributed by atoms with van der Waals surface area (Å²) in [6.45, 7) is 3.84. The summed E-state index contributed by atoms with van der Waals surface area (Å²) in [4.78, 5) is 33.6. The van der Waals surface area contributed by atoms with E-state index in [1.165, 1.54) is 128 Å². The van der Waals surface area contributed by atoms with Gasteiger partial charge in [-0.2, -0.15) is 0 Å². The fourth-order valence-corrected chi connectivity index (χ4v) is 7.50. The number of ether oxygens (including phenoxy) is 2. The Kier molecular flexibility index (Phi) is 44.4. The molecule has 0 aliphatic heterocycles. The first-order chi connectivity index (χ1) is 29.7. The van der Waals surface area contributed by atoms with Gasteiger partial charge >= 0.3 is 19.8 Å². The van der Waals surface area contributed by atoms with Crippen molar-refractivity contribution in [2.24, 2.45) is 5.73 Å². The second-order valence-electron chi connectivity index (χ2n) is 16.6. The predicted molar refractivity (Wildman–Crippen MR) is 254 cm³/mol. The summed E-state index contributed by atoms with van der Waals surface area (Å²) >= 11 is 0. The Balaban J connectivity index is 4.13. The molecule has 61 heavy (non-hydrogen) atoms. The summed E-state index contributed by atoms with van der Waals surface area (Å²) in [7, 11) is -4.62. The summed E-state index contributed by atoms with van der Waals surface area (Å²) in [5.74, 6) is -1.79. The van der Waals surface area contributed by atoms with Crippen LogP contribution in [0, 0.1) is 0 Å². The molecule has 0 radical (unpaired) electrons. The fourth-order valence-electron chi connectivity index (χ4n) is 6.72. The number of carbonyl (C=O) groups excluding carboxylic acids is 1. The van der Waals surface area contributed by atoms with Crippen molar-refractivity contribution >= 4 is 19.8 Å². The van der Waals surface area contributed by atoms with E-state index < -0.39 is 45.1 Å². The minimum Gasteiger partial charge on any atom is -0.480 e. The number of phosphoric ester groups is 1. The number of hydrogen-bond acceptors (Lipinski definition) is 8. The molecule has 0 rings (SSSR count). The third-order valence-electron chi connectivity index (χ3n) is 10.6. The number of rotatable bonds is 47. The van der Waals surface area contributed by atoms with Crippen LogP contribution in [0.5, 0.6) is 0 Å². The summed E-state index contributed by atoms with van der Waals surface area (Å²) in [6, 6.07) is -1.48. The number of carboxylic acid groups (broad SMARTS) is 1. The molecule has 0 aromatic carbocycles. The van der Waals surface area contributed by atoms with E-state index in [9.17, 15) is 19.0 Å². The molecule has 0 spiro atoms. The van der Waals surface area contributed by atoms with Crippen LogP contribution in [0.1, 0.15) is 219 Å². The molecule has 10 nitrogen and oxygen atoms in total. The Labute approximate surface area is 373 Å². The van der Waals surface area contributed by atoms with Crippen LogP contribution in [0.15, 0.2) is 48.6 Å². The molecule has 0 fully saturated rings. The lowest BCUT2D eigenvalue weighted by atomic mass is 10.0. The van der Waals surface area contributed by atoms with Crippen molar-refractivity contribution in [2.75, 3.05) is 26.4 Å². The van der Waals surface area contributed by atoms with Crippen LogP contribution >= 0.6 is 7.82 Å². The fraction of sp³-hybridized carbons (Fsp3) is 0.800. The summed E-state index contributed by atoms with van der Waals surface area (Å²) in [5.41, 5.74) is 5.37. The van der Waals surface area contributed by atoms with E-state index in [1.807, 2.05) is 0 Å². The number of phosphoric acid groups is 1. The zero-order valence-electron chi connectivity index (χ0n) is 39.0. The zero-order chi connectivity index (χ0) is 44.8. The van der Waals surface area contributed by atoms with Crippen molar-refractivity contribution in [2.45, 2.75) is 231 Å². The van der Waals surface area contributed by atoms with Crippen molar-refractivity contribution in [3.63, 3.8) is 0 Å². The first-order valence-corrected chi connectivity index (χ1v) is 26.2. The third-order valence-corrected chi connectivity index (χ3v) is 11.5. The van der Waals surface area contributed by atoms with Gasteiger partial charge in [-0.25, -0.2) is 4.57 Å². The summed E-state index contributed by atoms with van der Waals surface area (Å²) < 4.78 is 33.4. The maximum absolute atomic E-state index is 12.7. The number of nitrogens with two attached hydrogens (primary N) is 1. The molecule has 0 bridgehead atoms. The Bertz CT molecular complexity index is 1160. The Morgan fingerprint density at radius 3 is 1.36 bits per heavy atom. The van der Waals surface area contributed by atoms with Gasteiger partial charge in [0.05, 0.1) is 19.8 Å². The molecule has 0 saturated heterocycles. The molecule has 4 N–H and O–H groups in total. The summed E-state index contributed by atoms with van der Waals surface area (Å²) in [5, 5.41) is 8.92. The second kappa shape index (κ2) is 45.9. The van der Waals surface area contributed by atoms with Gasteiger partial charge in [-0.05, 0) is 77.0 Å². The standard InChI is InChI=1S/C50H92NO9P/c1-3-5-7-9-11-13-15-17-19-20-21-22-23-24-25-26-27-29-31-33-35-37-39-41-43-57-44-47(45-58-61(55,56)59-46-48(51)50(53)54)60-49(52)42-40-38-36-34-32-30-28-18-16-14-12-10-8-6-4-2/h12,14-15,17-18,20-21,28,47-48H,3-11,13,16,19,22-27,29-46,51H2,1-2H3,(H,53,54)(H,55,56)/b14-12-,17-15-,21-20-,28-18-. The highest BCUT2D eigenvalue weighted by Crippen LogP contribution is 2.43. The van der Waals surface area contributed by atoms with Gasteiger partial charge in [0.25, 0.3) is 0 Å². The predicted octanol–water partition coefficient (Wildman–Crippen LogP) is 14.2. The van der Waals surface area contributed by atoms with Gasteiger partial charge in [0.15, 0.2) is 0 Å². The summed E-state index contributed by atoms with van der Waals surface area (Å²) in [6.07, 6.45) is 54.5. The topological polar surface area (TPSA) is 155 Å². The van der Waals surface area contributed by atoms with Gasteiger partial charge in [0.1, 0.15) is 12.1 Å². The third kappa shape index (κ3) is 45.8. The molecule has 0 aromatic heterocycles. The molecule has 0 aliphatic carbocycles. The van der Waals surface area contributed by atoms with Crippen LogP contribution in [0.2, 0.25) is 0 Å². The first-order valence-electron chi connectivity index (χ1n) is 24.7. The SMILES string of the molecule is CCCCC/C=C\C/C=C\CCCCCCCC(=O)OC(COCCCCCCCCCCCCCC/C=C\C/C=C\CCCCCCC)COP(=O)(O)OCC(N)C(=O)O. The number of unbranched alkanes of at least 4 members (excludes halogenated alkanes) is 25. The van der Waals surface area contributed by atoms with Gasteiger partial charge in [0.2, 0.25) is 0 Å². The Morgan fingerprint density at radius 2 is 0.902 bits per heavy atom. The first kappa shape index (κ1) is 58.9. The molecule has 11 heteroatoms. The number of aliphatic carboxylic acids is 1. The second-order valence-corrected chi connectivity index (χ2v) is 18.0. The minimum atomic E-state index is -4.62. The number of hydrogen-bond donors (Lipinski definition) is 3. The van der Waals surface area contributed by atoms with Crippen LogP contribution < -0.4 is 5.73 Å². The number of carboxylic acids is 1. The van der Waals surface area contributed by atoms with Crippen molar-refractivity contribution in [3.05, 3.63) is 48.6 Å². The Morgan fingerprint density at radius 1 is 0.525 bits per heavy atom. The molecule has 0 amide bonds.